The molecule has 0 spiro atoms. The Morgan fingerprint density at radius 3 is 2.66 bits per heavy atom. The van der Waals surface area contributed by atoms with E-state index in [9.17, 15) is 28.1 Å². The molecule has 14 heteroatoms. The van der Waals surface area contributed by atoms with Gasteiger partial charge in [0.25, 0.3) is 10.9 Å². The van der Waals surface area contributed by atoms with Gasteiger partial charge in [-0.1, -0.05) is 17.8 Å². The number of nitro benzene ring substituents is 1. The number of anilines is 2. The van der Waals surface area contributed by atoms with Gasteiger partial charge in [0.15, 0.2) is 0 Å². The second kappa shape index (κ2) is 10.3. The first-order valence-corrected chi connectivity index (χ1v) is 11.2. The summed E-state index contributed by atoms with van der Waals surface area (Å²) in [5.41, 5.74) is -0.101. The fraction of sp³-hybridized carbons (Fsp3) is 0.286. The molecule has 1 N–H and O–H groups in total. The van der Waals surface area contributed by atoms with Crippen molar-refractivity contribution in [2.45, 2.75) is 11.4 Å². The number of nitro groups is 1. The number of carbonyl (C=O) groups excluding carboxylic acids is 1. The number of aromatic nitrogens is 2. The lowest BCUT2D eigenvalue weighted by Crippen LogP contribution is -2.37. The van der Waals surface area contributed by atoms with Gasteiger partial charge in [0, 0.05) is 30.8 Å². The van der Waals surface area contributed by atoms with Crippen LogP contribution in [0.4, 0.5) is 30.2 Å². The summed E-state index contributed by atoms with van der Waals surface area (Å²) in [4.78, 5) is 24.6. The molecular weight excluding hydrogens is 491 g/mol. The summed E-state index contributed by atoms with van der Waals surface area (Å²) in [5, 5.41) is 21.3. The number of hydrogen-bond donors (Lipinski definition) is 1. The van der Waals surface area contributed by atoms with Gasteiger partial charge in [0.2, 0.25) is 11.8 Å². The van der Waals surface area contributed by atoms with E-state index < -0.39 is 22.6 Å². The number of non-ortho nitro benzene ring substituents is 1. The number of hydrogen-bond acceptors (Lipinski definition) is 9. The lowest BCUT2D eigenvalue weighted by atomic mass is 10.1. The highest BCUT2D eigenvalue weighted by Gasteiger charge is 2.32. The SMILES string of the molecule is O=C(CSc1nnc(-c2cccc([N+](=O)[O-])c2)o1)Nc1ccc(C(F)(F)F)cc1N1CCOCC1. The van der Waals surface area contributed by atoms with E-state index in [-0.39, 0.29) is 33.9 Å². The van der Waals surface area contributed by atoms with Gasteiger partial charge >= 0.3 is 6.18 Å². The number of benzene rings is 2. The fourth-order valence-corrected chi connectivity index (χ4v) is 3.89. The lowest BCUT2D eigenvalue weighted by molar-refractivity contribution is -0.384. The zero-order valence-corrected chi connectivity index (χ0v) is 18.8. The first-order chi connectivity index (χ1) is 16.7. The molecule has 0 atom stereocenters. The maximum Gasteiger partial charge on any atom is 0.416 e. The van der Waals surface area contributed by atoms with E-state index in [0.717, 1.165) is 23.9 Å². The third kappa shape index (κ3) is 6.08. The Morgan fingerprint density at radius 1 is 1.17 bits per heavy atom. The summed E-state index contributed by atoms with van der Waals surface area (Å²) in [6.07, 6.45) is -4.52. The molecule has 1 aliphatic heterocycles. The van der Waals surface area contributed by atoms with E-state index in [4.69, 9.17) is 9.15 Å². The smallest absolute Gasteiger partial charge is 0.411 e. The molecule has 2 heterocycles. The molecule has 2 aromatic carbocycles. The monoisotopic (exact) mass is 509 g/mol. The zero-order valence-electron chi connectivity index (χ0n) is 17.9. The number of nitrogens with zero attached hydrogens (tertiary/aromatic N) is 4. The minimum Gasteiger partial charge on any atom is -0.411 e. The van der Waals surface area contributed by atoms with Crippen molar-refractivity contribution in [3.05, 3.63) is 58.1 Å². The summed E-state index contributed by atoms with van der Waals surface area (Å²) < 4.78 is 50.4. The van der Waals surface area contributed by atoms with Crippen molar-refractivity contribution in [2.24, 2.45) is 0 Å². The molecule has 35 heavy (non-hydrogen) atoms. The van der Waals surface area contributed by atoms with Gasteiger partial charge in [-0.2, -0.15) is 13.2 Å². The molecule has 184 valence electrons. The topological polar surface area (TPSA) is 124 Å². The molecule has 3 aromatic rings. The molecule has 0 aliphatic carbocycles. The average molecular weight is 509 g/mol. The largest absolute Gasteiger partial charge is 0.416 e. The minimum absolute atomic E-state index is 0.0500. The van der Waals surface area contributed by atoms with Crippen LogP contribution in [0.2, 0.25) is 0 Å². The average Bonchev–Trinajstić information content (AvgIpc) is 3.32. The van der Waals surface area contributed by atoms with E-state index in [0.29, 0.717) is 31.9 Å². The van der Waals surface area contributed by atoms with Gasteiger partial charge in [0.1, 0.15) is 0 Å². The number of carbonyl (C=O) groups is 1. The number of thioether (sulfide) groups is 1. The molecule has 0 saturated carbocycles. The number of ether oxygens (including phenoxy) is 1. The van der Waals surface area contributed by atoms with Gasteiger partial charge in [-0.05, 0) is 24.3 Å². The van der Waals surface area contributed by atoms with E-state index in [1.54, 1.807) is 11.0 Å². The Kier molecular flexibility index (Phi) is 7.21. The van der Waals surface area contributed by atoms with Crippen molar-refractivity contribution < 1.29 is 32.0 Å². The van der Waals surface area contributed by atoms with Gasteiger partial charge in [0.05, 0.1) is 40.8 Å². The highest BCUT2D eigenvalue weighted by atomic mass is 32.2. The third-order valence-electron chi connectivity index (χ3n) is 4.99. The molecule has 1 fully saturated rings. The van der Waals surface area contributed by atoms with Crippen molar-refractivity contribution >= 4 is 34.7 Å². The Hall–Kier alpha value is -3.65. The molecule has 0 unspecified atom stereocenters. The van der Waals surface area contributed by atoms with Crippen LogP contribution in [-0.4, -0.2) is 53.1 Å². The third-order valence-corrected chi connectivity index (χ3v) is 5.81. The molecule has 10 nitrogen and oxygen atoms in total. The normalized spacial score (nSPS) is 14.1. The Balaban J connectivity index is 1.43. The Bertz CT molecular complexity index is 1230. The first kappa shape index (κ1) is 24.5. The van der Waals surface area contributed by atoms with Crippen LogP contribution in [0.3, 0.4) is 0 Å². The van der Waals surface area contributed by atoms with Crippen LogP contribution in [0, 0.1) is 10.1 Å². The van der Waals surface area contributed by atoms with Gasteiger partial charge in [-0.15, -0.1) is 10.2 Å². The van der Waals surface area contributed by atoms with Crippen molar-refractivity contribution in [3.8, 4) is 11.5 Å². The molecule has 4 rings (SSSR count). The highest BCUT2D eigenvalue weighted by Crippen LogP contribution is 2.36. The van der Waals surface area contributed by atoms with E-state index in [2.05, 4.69) is 15.5 Å². The maximum atomic E-state index is 13.2. The van der Waals surface area contributed by atoms with Crippen LogP contribution in [0.1, 0.15) is 5.56 Å². The number of halogens is 3. The Labute approximate surface area is 200 Å². The molecule has 0 bridgehead atoms. The van der Waals surface area contributed by atoms with Crippen LogP contribution in [0.5, 0.6) is 0 Å². The molecule has 1 amide bonds. The molecule has 0 radical (unpaired) electrons. The second-order valence-electron chi connectivity index (χ2n) is 7.35. The number of morpholine rings is 1. The molecule has 1 saturated heterocycles. The van der Waals surface area contributed by atoms with E-state index in [1.807, 2.05) is 0 Å². The van der Waals surface area contributed by atoms with Crippen molar-refractivity contribution in [3.63, 3.8) is 0 Å². The van der Waals surface area contributed by atoms with Crippen LogP contribution in [0.15, 0.2) is 52.1 Å². The number of rotatable bonds is 7. The van der Waals surface area contributed by atoms with Crippen LogP contribution < -0.4 is 10.2 Å². The number of alkyl halides is 3. The van der Waals surface area contributed by atoms with Crippen molar-refractivity contribution in [1.82, 2.24) is 10.2 Å². The second-order valence-corrected chi connectivity index (χ2v) is 8.27. The standard InChI is InChI=1S/C21H18F3N5O5S/c22-21(23,24)14-4-5-16(17(11-14)28-6-8-33-9-7-28)25-18(30)12-35-20-27-26-19(34-20)13-2-1-3-15(10-13)29(31)32/h1-5,10-11H,6-9,12H2,(H,25,30). The highest BCUT2D eigenvalue weighted by molar-refractivity contribution is 7.99. The summed E-state index contributed by atoms with van der Waals surface area (Å²) in [7, 11) is 0. The van der Waals surface area contributed by atoms with Crippen LogP contribution >= 0.6 is 11.8 Å². The van der Waals surface area contributed by atoms with Gasteiger partial charge in [-0.3, -0.25) is 14.9 Å². The zero-order chi connectivity index (χ0) is 25.0. The van der Waals surface area contributed by atoms with Gasteiger partial charge in [-0.25, -0.2) is 0 Å². The number of amides is 1. The quantitative estimate of drug-likeness (QED) is 0.283. The predicted molar refractivity (Wildman–Crippen MR) is 120 cm³/mol. The van der Waals surface area contributed by atoms with Crippen LogP contribution in [0.25, 0.3) is 11.5 Å². The summed E-state index contributed by atoms with van der Waals surface area (Å²) >= 11 is 0.923. The van der Waals surface area contributed by atoms with Gasteiger partial charge < -0.3 is 19.4 Å². The fourth-order valence-electron chi connectivity index (χ4n) is 3.33. The molecule has 1 aromatic heterocycles. The molecule has 1 aliphatic rings. The van der Waals surface area contributed by atoms with E-state index >= 15 is 0 Å². The predicted octanol–water partition coefficient (Wildman–Crippen LogP) is 4.23. The van der Waals surface area contributed by atoms with Crippen molar-refractivity contribution in [1.29, 1.82) is 0 Å². The first-order valence-electron chi connectivity index (χ1n) is 10.3. The summed E-state index contributed by atoms with van der Waals surface area (Å²) in [6, 6.07) is 8.81. The summed E-state index contributed by atoms with van der Waals surface area (Å²) in [5.74, 6) is -0.589. The van der Waals surface area contributed by atoms with Crippen LogP contribution in [-0.2, 0) is 15.7 Å². The lowest BCUT2D eigenvalue weighted by Gasteiger charge is -2.31. The molecular formula is C21H18F3N5O5S. The number of nitrogens with one attached hydrogen (secondary N) is 1. The maximum absolute atomic E-state index is 13.2. The minimum atomic E-state index is -4.52. The van der Waals surface area contributed by atoms with Crippen molar-refractivity contribution in [2.75, 3.05) is 42.3 Å². The van der Waals surface area contributed by atoms with E-state index in [1.165, 1.54) is 24.3 Å². The Morgan fingerprint density at radius 2 is 1.94 bits per heavy atom. The summed E-state index contributed by atoms with van der Waals surface area (Å²) in [6.45, 7) is 1.51.